The number of fused-ring (bicyclic) bond motifs is 1. The number of nitrogens with zero attached hydrogens (tertiary/aromatic N) is 3. The van der Waals surface area contributed by atoms with Gasteiger partial charge in [0, 0.05) is 17.8 Å². The average Bonchev–Trinajstić information content (AvgIpc) is 3.00. The molecule has 2 aromatic heterocycles. The van der Waals surface area contributed by atoms with Crippen molar-refractivity contribution in [2.75, 3.05) is 5.32 Å². The maximum Gasteiger partial charge on any atom is 0.252 e. The lowest BCUT2D eigenvalue weighted by atomic mass is 10.0. The molecule has 0 unspecified atom stereocenters. The Kier molecular flexibility index (Phi) is 4.40. The lowest BCUT2D eigenvalue weighted by molar-refractivity contribution is 0.100. The van der Waals surface area contributed by atoms with E-state index in [0.29, 0.717) is 17.7 Å². The molecule has 3 aromatic rings. The summed E-state index contributed by atoms with van der Waals surface area (Å²) in [4.78, 5) is 11.7. The number of rotatable bonds is 5. The smallest absolute Gasteiger partial charge is 0.252 e. The lowest BCUT2D eigenvalue weighted by Crippen LogP contribution is -2.19. The van der Waals surface area contributed by atoms with Crippen molar-refractivity contribution >= 4 is 17.1 Å². The zero-order chi connectivity index (χ0) is 18.0. The molecule has 0 saturated carbocycles. The van der Waals surface area contributed by atoms with Gasteiger partial charge in [0.2, 0.25) is 0 Å². The zero-order valence-corrected chi connectivity index (χ0v) is 14.2. The normalized spacial score (nSPS) is 10.8. The van der Waals surface area contributed by atoms with E-state index in [-0.39, 0.29) is 6.04 Å². The van der Waals surface area contributed by atoms with E-state index in [1.165, 1.54) is 6.20 Å². The molecule has 3 N–H and O–H groups in total. The van der Waals surface area contributed by atoms with E-state index in [0.717, 1.165) is 22.2 Å². The van der Waals surface area contributed by atoms with Crippen molar-refractivity contribution in [3.63, 3.8) is 0 Å². The molecule has 0 saturated heterocycles. The van der Waals surface area contributed by atoms with Crippen molar-refractivity contribution in [1.29, 1.82) is 5.26 Å². The largest absolute Gasteiger partial charge is 0.380 e. The summed E-state index contributed by atoms with van der Waals surface area (Å²) < 4.78 is 1.73. The Morgan fingerprint density at radius 2 is 2.16 bits per heavy atom. The molecule has 6 heteroatoms. The fourth-order valence-corrected chi connectivity index (χ4v) is 2.79. The molecule has 0 bridgehead atoms. The van der Waals surface area contributed by atoms with Crippen molar-refractivity contribution in [2.24, 2.45) is 5.73 Å². The molecule has 0 atom stereocenters. The van der Waals surface area contributed by atoms with Gasteiger partial charge in [0.05, 0.1) is 35.5 Å². The molecule has 2 heterocycles. The summed E-state index contributed by atoms with van der Waals surface area (Å²) in [5, 5.41) is 16.5. The number of anilines is 1. The first kappa shape index (κ1) is 16.5. The van der Waals surface area contributed by atoms with Crippen LogP contribution < -0.4 is 11.1 Å². The van der Waals surface area contributed by atoms with E-state index in [9.17, 15) is 4.79 Å². The van der Waals surface area contributed by atoms with Crippen LogP contribution in [-0.4, -0.2) is 21.6 Å². The highest BCUT2D eigenvalue weighted by molar-refractivity contribution is 6.02. The van der Waals surface area contributed by atoms with Crippen LogP contribution in [0.3, 0.4) is 0 Å². The number of amides is 1. The SMILES string of the molecule is CC(C)Nc1c(C(N)=O)cnn2cc(-c3cccc(CC#N)c3)cc12. The minimum absolute atomic E-state index is 0.140. The summed E-state index contributed by atoms with van der Waals surface area (Å²) >= 11 is 0. The van der Waals surface area contributed by atoms with Crippen molar-refractivity contribution in [1.82, 2.24) is 9.61 Å². The van der Waals surface area contributed by atoms with Gasteiger partial charge in [-0.25, -0.2) is 4.52 Å². The molecule has 0 radical (unpaired) electrons. The topological polar surface area (TPSA) is 96.2 Å². The second-order valence-corrected chi connectivity index (χ2v) is 6.19. The van der Waals surface area contributed by atoms with Crippen molar-refractivity contribution in [3.05, 3.63) is 53.9 Å². The fourth-order valence-electron chi connectivity index (χ4n) is 2.79. The Bertz CT molecular complexity index is 981. The van der Waals surface area contributed by atoms with E-state index in [4.69, 9.17) is 11.0 Å². The van der Waals surface area contributed by atoms with Crippen molar-refractivity contribution in [3.8, 4) is 17.2 Å². The van der Waals surface area contributed by atoms with Crippen LogP contribution in [0.5, 0.6) is 0 Å². The van der Waals surface area contributed by atoms with Gasteiger partial charge >= 0.3 is 0 Å². The summed E-state index contributed by atoms with van der Waals surface area (Å²) in [6.45, 7) is 3.99. The Hall–Kier alpha value is -3.33. The van der Waals surface area contributed by atoms with E-state index < -0.39 is 5.91 Å². The quantitative estimate of drug-likeness (QED) is 0.750. The number of carbonyl (C=O) groups is 1. The van der Waals surface area contributed by atoms with Gasteiger partial charge in [0.15, 0.2) is 0 Å². The summed E-state index contributed by atoms with van der Waals surface area (Å²) in [5.41, 5.74) is 10.2. The van der Waals surface area contributed by atoms with E-state index in [2.05, 4.69) is 16.5 Å². The lowest BCUT2D eigenvalue weighted by Gasteiger charge is -2.14. The fraction of sp³-hybridized carbons (Fsp3) is 0.211. The molecule has 1 aromatic carbocycles. The van der Waals surface area contributed by atoms with Crippen molar-refractivity contribution < 1.29 is 4.79 Å². The molecule has 0 aliphatic heterocycles. The number of hydrogen-bond acceptors (Lipinski definition) is 4. The molecular weight excluding hydrogens is 314 g/mol. The molecule has 6 nitrogen and oxygen atoms in total. The van der Waals surface area contributed by atoms with Crippen LogP contribution in [0.1, 0.15) is 29.8 Å². The highest BCUT2D eigenvalue weighted by Crippen LogP contribution is 2.29. The summed E-state index contributed by atoms with van der Waals surface area (Å²) in [7, 11) is 0. The second-order valence-electron chi connectivity index (χ2n) is 6.19. The molecular formula is C19H19N5O. The number of nitrogens with one attached hydrogen (secondary N) is 1. The van der Waals surface area contributed by atoms with Gasteiger partial charge in [-0.1, -0.05) is 24.3 Å². The Morgan fingerprint density at radius 3 is 2.84 bits per heavy atom. The van der Waals surface area contributed by atoms with Crippen LogP contribution in [0.4, 0.5) is 5.69 Å². The number of aromatic nitrogens is 2. The number of benzene rings is 1. The third-order valence-corrected chi connectivity index (χ3v) is 3.88. The minimum atomic E-state index is -0.517. The summed E-state index contributed by atoms with van der Waals surface area (Å²) in [5.74, 6) is -0.517. The Labute approximate surface area is 145 Å². The van der Waals surface area contributed by atoms with Gasteiger partial charge in [0.25, 0.3) is 5.91 Å². The molecule has 126 valence electrons. The van der Waals surface area contributed by atoms with E-state index >= 15 is 0 Å². The van der Waals surface area contributed by atoms with Crippen LogP contribution in [0.15, 0.2) is 42.7 Å². The molecule has 0 aliphatic rings. The Balaban J connectivity index is 2.15. The third kappa shape index (κ3) is 3.31. The van der Waals surface area contributed by atoms with Gasteiger partial charge < -0.3 is 11.1 Å². The molecule has 1 amide bonds. The van der Waals surface area contributed by atoms with Crippen LogP contribution in [-0.2, 0) is 6.42 Å². The standard InChI is InChI=1S/C19H19N5O/c1-12(2)23-18-16(19(21)25)10-22-24-11-15(9-17(18)24)14-5-3-4-13(8-14)6-7-20/h3-5,8-12,23H,6H2,1-2H3,(H2,21,25). The molecule has 3 rings (SSSR count). The molecule has 25 heavy (non-hydrogen) atoms. The average molecular weight is 333 g/mol. The van der Waals surface area contributed by atoms with Gasteiger partial charge in [-0.2, -0.15) is 10.4 Å². The van der Waals surface area contributed by atoms with Crippen LogP contribution in [0.2, 0.25) is 0 Å². The highest BCUT2D eigenvalue weighted by Gasteiger charge is 2.16. The van der Waals surface area contributed by atoms with Gasteiger partial charge in [-0.3, -0.25) is 4.79 Å². The van der Waals surface area contributed by atoms with Gasteiger partial charge in [-0.05, 0) is 31.0 Å². The van der Waals surface area contributed by atoms with Crippen LogP contribution >= 0.6 is 0 Å². The second kappa shape index (κ2) is 6.65. The number of hydrogen-bond donors (Lipinski definition) is 2. The zero-order valence-electron chi connectivity index (χ0n) is 14.2. The summed E-state index contributed by atoms with van der Waals surface area (Å²) in [6, 6.07) is 12.1. The number of carbonyl (C=O) groups excluding carboxylic acids is 1. The first-order valence-corrected chi connectivity index (χ1v) is 8.03. The van der Waals surface area contributed by atoms with Crippen LogP contribution in [0, 0.1) is 11.3 Å². The molecule has 0 fully saturated rings. The minimum Gasteiger partial charge on any atom is -0.380 e. The maximum atomic E-state index is 11.7. The van der Waals surface area contributed by atoms with E-state index in [1.807, 2.05) is 50.4 Å². The number of primary amides is 1. The van der Waals surface area contributed by atoms with Gasteiger partial charge in [-0.15, -0.1) is 0 Å². The van der Waals surface area contributed by atoms with E-state index in [1.54, 1.807) is 4.52 Å². The maximum absolute atomic E-state index is 11.7. The summed E-state index contributed by atoms with van der Waals surface area (Å²) in [6.07, 6.45) is 3.75. The Morgan fingerprint density at radius 1 is 1.36 bits per heavy atom. The van der Waals surface area contributed by atoms with Crippen LogP contribution in [0.25, 0.3) is 16.6 Å². The first-order valence-electron chi connectivity index (χ1n) is 8.03. The first-order chi connectivity index (χ1) is 12.0. The number of nitriles is 1. The monoisotopic (exact) mass is 333 g/mol. The van der Waals surface area contributed by atoms with Gasteiger partial charge in [0.1, 0.15) is 0 Å². The predicted octanol–water partition coefficient (Wildman–Crippen LogP) is 2.99. The third-order valence-electron chi connectivity index (χ3n) is 3.88. The molecule has 0 aliphatic carbocycles. The predicted molar refractivity (Wildman–Crippen MR) is 97.2 cm³/mol. The number of nitrogens with two attached hydrogens (primary N) is 1. The molecule has 0 spiro atoms. The van der Waals surface area contributed by atoms with Crippen molar-refractivity contribution in [2.45, 2.75) is 26.3 Å². The highest BCUT2D eigenvalue weighted by atomic mass is 16.1.